The van der Waals surface area contributed by atoms with Crippen molar-refractivity contribution < 1.29 is 9.15 Å². The van der Waals surface area contributed by atoms with Gasteiger partial charge in [0.2, 0.25) is 0 Å². The summed E-state index contributed by atoms with van der Waals surface area (Å²) >= 11 is 0. The summed E-state index contributed by atoms with van der Waals surface area (Å²) in [6.45, 7) is 2.02. The summed E-state index contributed by atoms with van der Waals surface area (Å²) in [6.07, 6.45) is 2.95. The highest BCUT2D eigenvalue weighted by Gasteiger charge is 2.14. The summed E-state index contributed by atoms with van der Waals surface area (Å²) in [5.74, 6) is 1.17. The predicted octanol–water partition coefficient (Wildman–Crippen LogP) is 4.17. The first-order chi connectivity index (χ1) is 12.2. The molecule has 0 aliphatic rings. The Morgan fingerprint density at radius 3 is 2.76 bits per heavy atom. The van der Waals surface area contributed by atoms with Crippen LogP contribution in [0.25, 0.3) is 33.5 Å². The molecule has 5 nitrogen and oxygen atoms in total. The van der Waals surface area contributed by atoms with Gasteiger partial charge in [-0.05, 0) is 24.6 Å². The number of pyridine rings is 1. The van der Waals surface area contributed by atoms with E-state index in [9.17, 15) is 4.79 Å². The van der Waals surface area contributed by atoms with E-state index in [2.05, 4.69) is 9.97 Å². The van der Waals surface area contributed by atoms with Gasteiger partial charge in [-0.1, -0.05) is 23.8 Å². The number of H-pyrrole nitrogens is 1. The van der Waals surface area contributed by atoms with Crippen molar-refractivity contribution in [3.05, 3.63) is 70.8 Å². The van der Waals surface area contributed by atoms with Crippen LogP contribution in [-0.4, -0.2) is 17.1 Å². The summed E-state index contributed by atoms with van der Waals surface area (Å²) in [5, 5.41) is 0.573. The molecular weight excluding hydrogens is 316 g/mol. The number of hydrogen-bond acceptors (Lipinski definition) is 4. The van der Waals surface area contributed by atoms with E-state index in [1.807, 2.05) is 37.3 Å². The topological polar surface area (TPSA) is 68.1 Å². The van der Waals surface area contributed by atoms with E-state index in [4.69, 9.17) is 9.15 Å². The van der Waals surface area contributed by atoms with Gasteiger partial charge in [0.15, 0.2) is 17.6 Å². The van der Waals surface area contributed by atoms with Crippen LogP contribution in [-0.2, 0) is 0 Å². The zero-order valence-corrected chi connectivity index (χ0v) is 13.9. The lowest BCUT2D eigenvalue weighted by Gasteiger charge is -2.10. The van der Waals surface area contributed by atoms with Crippen LogP contribution in [0.4, 0.5) is 0 Å². The molecule has 0 radical (unpaired) electrons. The average Bonchev–Trinajstić information content (AvgIpc) is 3.15. The molecular formula is C20H16N2O3. The number of ether oxygens (including phenoxy) is 1. The van der Waals surface area contributed by atoms with Crippen molar-refractivity contribution in [1.29, 1.82) is 0 Å². The molecule has 124 valence electrons. The maximum atomic E-state index is 12.7. The number of aromatic amines is 1. The highest BCUT2D eigenvalue weighted by atomic mass is 16.5. The minimum Gasteiger partial charge on any atom is -0.496 e. The lowest BCUT2D eigenvalue weighted by Crippen LogP contribution is -2.04. The Kier molecular flexibility index (Phi) is 3.61. The van der Waals surface area contributed by atoms with Gasteiger partial charge in [-0.2, -0.15) is 0 Å². The molecule has 0 bridgehead atoms. The third kappa shape index (κ3) is 2.70. The molecule has 4 aromatic rings. The molecule has 0 aliphatic heterocycles. The van der Waals surface area contributed by atoms with E-state index in [0.29, 0.717) is 28.0 Å². The summed E-state index contributed by atoms with van der Waals surface area (Å²) < 4.78 is 10.8. The first-order valence-electron chi connectivity index (χ1n) is 7.86. The van der Waals surface area contributed by atoms with Crippen molar-refractivity contribution >= 4 is 10.9 Å². The number of nitrogens with zero attached hydrogens (tertiary/aromatic N) is 1. The van der Waals surface area contributed by atoms with Gasteiger partial charge in [0.1, 0.15) is 5.75 Å². The Morgan fingerprint density at radius 1 is 1.16 bits per heavy atom. The number of aryl methyl sites for hydroxylation is 1. The summed E-state index contributed by atoms with van der Waals surface area (Å²) in [4.78, 5) is 19.9. The smallest absolute Gasteiger partial charge is 0.190 e. The maximum absolute atomic E-state index is 12.7. The molecule has 4 rings (SSSR count). The third-order valence-electron chi connectivity index (χ3n) is 4.18. The second-order valence-corrected chi connectivity index (χ2v) is 5.88. The summed E-state index contributed by atoms with van der Waals surface area (Å²) in [6, 6.07) is 13.2. The first-order valence-corrected chi connectivity index (χ1v) is 7.86. The number of benzene rings is 2. The van der Waals surface area contributed by atoms with E-state index < -0.39 is 0 Å². The zero-order valence-electron chi connectivity index (χ0n) is 13.9. The van der Waals surface area contributed by atoms with Gasteiger partial charge in [-0.25, -0.2) is 4.98 Å². The Bertz CT molecular complexity index is 1110. The van der Waals surface area contributed by atoms with Gasteiger partial charge in [-0.15, -0.1) is 0 Å². The van der Waals surface area contributed by atoms with Gasteiger partial charge < -0.3 is 14.1 Å². The van der Waals surface area contributed by atoms with Gasteiger partial charge in [-0.3, -0.25) is 4.79 Å². The van der Waals surface area contributed by atoms with Crippen LogP contribution in [0, 0.1) is 6.92 Å². The van der Waals surface area contributed by atoms with E-state index >= 15 is 0 Å². The van der Waals surface area contributed by atoms with E-state index in [1.165, 1.54) is 6.39 Å². The van der Waals surface area contributed by atoms with Crippen LogP contribution < -0.4 is 10.2 Å². The van der Waals surface area contributed by atoms with E-state index in [0.717, 1.165) is 16.8 Å². The van der Waals surface area contributed by atoms with Gasteiger partial charge >= 0.3 is 0 Å². The van der Waals surface area contributed by atoms with Crippen LogP contribution in [0.1, 0.15) is 5.56 Å². The fourth-order valence-corrected chi connectivity index (χ4v) is 2.96. The molecule has 0 spiro atoms. The molecule has 2 heterocycles. The number of hydrogen-bond donors (Lipinski definition) is 1. The lowest BCUT2D eigenvalue weighted by atomic mass is 10.0. The van der Waals surface area contributed by atoms with Crippen molar-refractivity contribution in [3.8, 4) is 28.3 Å². The SMILES string of the molecule is COc1cc2[nH]c(-c3cccc(C)c3)cc(=O)c2cc1-c1cnco1. The van der Waals surface area contributed by atoms with Crippen LogP contribution in [0.3, 0.4) is 0 Å². The molecule has 0 fully saturated rings. The molecule has 5 heteroatoms. The van der Waals surface area contributed by atoms with E-state index in [1.54, 1.807) is 25.4 Å². The van der Waals surface area contributed by atoms with Crippen molar-refractivity contribution in [3.63, 3.8) is 0 Å². The van der Waals surface area contributed by atoms with Gasteiger partial charge in [0.05, 0.1) is 24.4 Å². The fraction of sp³-hybridized carbons (Fsp3) is 0.100. The van der Waals surface area contributed by atoms with Gasteiger partial charge in [0, 0.05) is 23.2 Å². The lowest BCUT2D eigenvalue weighted by molar-refractivity contribution is 0.415. The van der Waals surface area contributed by atoms with Crippen LogP contribution in [0.5, 0.6) is 5.75 Å². The third-order valence-corrected chi connectivity index (χ3v) is 4.18. The van der Waals surface area contributed by atoms with Crippen LogP contribution in [0.15, 0.2) is 64.3 Å². The Balaban J connectivity index is 1.95. The monoisotopic (exact) mass is 332 g/mol. The fourth-order valence-electron chi connectivity index (χ4n) is 2.96. The Morgan fingerprint density at radius 2 is 2.04 bits per heavy atom. The standard InChI is InChI=1S/C20H16N2O3/c1-12-4-3-5-13(6-12)16-8-18(23)14-7-15(20-10-21-11-25-20)19(24-2)9-17(14)22-16/h3-11H,1-2H3,(H,22,23). The normalized spacial score (nSPS) is 11.0. The summed E-state index contributed by atoms with van der Waals surface area (Å²) in [7, 11) is 1.59. The highest BCUT2D eigenvalue weighted by molar-refractivity contribution is 5.88. The molecule has 1 N–H and O–H groups in total. The minimum absolute atomic E-state index is 0.0614. The van der Waals surface area contributed by atoms with Crippen molar-refractivity contribution in [2.24, 2.45) is 0 Å². The highest BCUT2D eigenvalue weighted by Crippen LogP contribution is 2.33. The molecule has 0 saturated heterocycles. The number of nitrogens with one attached hydrogen (secondary N) is 1. The van der Waals surface area contributed by atoms with Crippen LogP contribution >= 0.6 is 0 Å². The molecule has 0 aliphatic carbocycles. The number of fused-ring (bicyclic) bond motifs is 1. The van der Waals surface area contributed by atoms with Crippen molar-refractivity contribution in [1.82, 2.24) is 9.97 Å². The molecule has 0 saturated carbocycles. The number of methoxy groups -OCH3 is 1. The van der Waals surface area contributed by atoms with Crippen molar-refractivity contribution in [2.75, 3.05) is 7.11 Å². The maximum Gasteiger partial charge on any atom is 0.190 e. The predicted molar refractivity (Wildman–Crippen MR) is 96.8 cm³/mol. The minimum atomic E-state index is -0.0614. The van der Waals surface area contributed by atoms with E-state index in [-0.39, 0.29) is 5.43 Å². The largest absolute Gasteiger partial charge is 0.496 e. The number of rotatable bonds is 3. The number of oxazole rings is 1. The van der Waals surface area contributed by atoms with Crippen molar-refractivity contribution in [2.45, 2.75) is 6.92 Å². The molecule has 25 heavy (non-hydrogen) atoms. The zero-order chi connectivity index (χ0) is 17.4. The Labute approximate surface area is 143 Å². The molecule has 0 atom stereocenters. The molecule has 0 unspecified atom stereocenters. The average molecular weight is 332 g/mol. The summed E-state index contributed by atoms with van der Waals surface area (Å²) in [5.41, 5.74) is 4.23. The quantitative estimate of drug-likeness (QED) is 0.611. The number of aromatic nitrogens is 2. The Hall–Kier alpha value is -3.34. The second kappa shape index (κ2) is 5.94. The second-order valence-electron chi connectivity index (χ2n) is 5.88. The van der Waals surface area contributed by atoms with Crippen LogP contribution in [0.2, 0.25) is 0 Å². The van der Waals surface area contributed by atoms with Gasteiger partial charge in [0.25, 0.3) is 0 Å². The first kappa shape index (κ1) is 15.2. The molecule has 2 aromatic carbocycles. The molecule has 2 aromatic heterocycles. The molecule has 0 amide bonds.